The summed E-state index contributed by atoms with van der Waals surface area (Å²) in [7, 11) is 0. The van der Waals surface area contributed by atoms with Gasteiger partial charge in [-0.1, -0.05) is 6.07 Å². The smallest absolute Gasteiger partial charge is 0.416 e. The fourth-order valence-electron chi connectivity index (χ4n) is 3.71. The van der Waals surface area contributed by atoms with E-state index in [1.165, 1.54) is 12.1 Å². The van der Waals surface area contributed by atoms with Gasteiger partial charge in [-0.25, -0.2) is 4.79 Å². The molecule has 0 unspecified atom stereocenters. The van der Waals surface area contributed by atoms with Gasteiger partial charge in [0.05, 0.1) is 17.5 Å². The average molecular weight is 427 g/mol. The van der Waals surface area contributed by atoms with Crippen molar-refractivity contribution in [2.45, 2.75) is 24.2 Å². The van der Waals surface area contributed by atoms with Gasteiger partial charge in [0, 0.05) is 23.6 Å². The predicted octanol–water partition coefficient (Wildman–Crippen LogP) is 4.94. The number of hydrogen-bond donors (Lipinski definition) is 2. The van der Waals surface area contributed by atoms with Crippen LogP contribution in [0.1, 0.15) is 17.0 Å². The zero-order chi connectivity index (χ0) is 21.6. The number of benzene rings is 2. The number of rotatable bonds is 4. The van der Waals surface area contributed by atoms with Gasteiger partial charge in [0.1, 0.15) is 23.4 Å². The first-order valence-corrected chi connectivity index (χ1v) is 9.52. The van der Waals surface area contributed by atoms with Crippen LogP contribution in [0.3, 0.4) is 0 Å². The van der Waals surface area contributed by atoms with E-state index in [9.17, 15) is 18.0 Å². The lowest BCUT2D eigenvalue weighted by molar-refractivity contribution is -0.137. The number of halogens is 3. The third-order valence-corrected chi connectivity index (χ3v) is 5.19. The Morgan fingerprint density at radius 2 is 1.84 bits per heavy atom. The Morgan fingerprint density at radius 1 is 1.03 bits per heavy atom. The van der Waals surface area contributed by atoms with Crippen molar-refractivity contribution >= 4 is 11.7 Å². The van der Waals surface area contributed by atoms with Gasteiger partial charge in [-0.2, -0.15) is 13.2 Å². The van der Waals surface area contributed by atoms with Crippen LogP contribution in [0.5, 0.6) is 17.2 Å². The van der Waals surface area contributed by atoms with Crippen molar-refractivity contribution in [2.75, 3.05) is 5.32 Å². The van der Waals surface area contributed by atoms with Crippen molar-refractivity contribution in [1.29, 1.82) is 0 Å². The molecular weight excluding hydrogens is 411 g/mol. The second kappa shape index (κ2) is 7.19. The van der Waals surface area contributed by atoms with Crippen LogP contribution in [0.25, 0.3) is 0 Å². The number of nitrogens with one attached hydrogen (secondary N) is 2. The number of amides is 2. The molecule has 2 amide bonds. The predicted molar refractivity (Wildman–Crippen MR) is 105 cm³/mol. The molecule has 5 rings (SSSR count). The molecule has 3 atom stereocenters. The number of hydrogen-bond acceptors (Lipinski definition) is 4. The standard InChI is InChI=1S/C22H16F3N3O3/c23-22(24,25)12-2-1-3-13(10-12)27-21(29)28-19-18-16-11-15(4-5-17(16)31-20(18)19)30-14-6-8-26-9-7-14/h1-11,18-20H,(H2,27,28,29)/t18-,19-,20-/m0/s1. The Morgan fingerprint density at radius 3 is 2.61 bits per heavy atom. The third kappa shape index (κ3) is 3.86. The van der Waals surface area contributed by atoms with Crippen LogP contribution in [-0.2, 0) is 6.18 Å². The van der Waals surface area contributed by atoms with Crippen LogP contribution < -0.4 is 20.1 Å². The van der Waals surface area contributed by atoms with Gasteiger partial charge in [-0.15, -0.1) is 0 Å². The topological polar surface area (TPSA) is 72.5 Å². The number of fused-ring (bicyclic) bond motifs is 3. The zero-order valence-electron chi connectivity index (χ0n) is 15.9. The average Bonchev–Trinajstić information content (AvgIpc) is 3.24. The van der Waals surface area contributed by atoms with E-state index in [2.05, 4.69) is 15.6 Å². The van der Waals surface area contributed by atoms with Gasteiger partial charge in [-0.05, 0) is 48.5 Å². The largest absolute Gasteiger partial charge is 0.487 e. The summed E-state index contributed by atoms with van der Waals surface area (Å²) in [6, 6.07) is 12.6. The Kier molecular flexibility index (Phi) is 4.46. The highest BCUT2D eigenvalue weighted by atomic mass is 19.4. The maximum Gasteiger partial charge on any atom is 0.416 e. The number of urea groups is 1. The summed E-state index contributed by atoms with van der Waals surface area (Å²) in [6.45, 7) is 0. The number of ether oxygens (including phenoxy) is 2. The quantitative estimate of drug-likeness (QED) is 0.619. The maximum atomic E-state index is 12.8. The normalized spacial score (nSPS) is 20.8. The van der Waals surface area contributed by atoms with Crippen LogP contribution in [0.4, 0.5) is 23.7 Å². The minimum Gasteiger partial charge on any atom is -0.487 e. The molecule has 1 aliphatic carbocycles. The van der Waals surface area contributed by atoms with E-state index < -0.39 is 17.8 Å². The first-order chi connectivity index (χ1) is 14.9. The van der Waals surface area contributed by atoms with E-state index >= 15 is 0 Å². The second-order valence-electron chi connectivity index (χ2n) is 7.30. The molecule has 6 nitrogen and oxygen atoms in total. The summed E-state index contributed by atoms with van der Waals surface area (Å²) in [5, 5.41) is 5.21. The lowest BCUT2D eigenvalue weighted by Gasteiger charge is -2.13. The summed E-state index contributed by atoms with van der Waals surface area (Å²) < 4.78 is 50.2. The molecule has 9 heteroatoms. The maximum absolute atomic E-state index is 12.8. The third-order valence-electron chi connectivity index (χ3n) is 5.19. The number of alkyl halides is 3. The monoisotopic (exact) mass is 427 g/mol. The van der Waals surface area contributed by atoms with E-state index in [0.717, 1.165) is 23.4 Å². The van der Waals surface area contributed by atoms with Crippen LogP contribution >= 0.6 is 0 Å². The van der Waals surface area contributed by atoms with Crippen molar-refractivity contribution in [3.05, 3.63) is 78.1 Å². The number of carbonyl (C=O) groups is 1. The summed E-state index contributed by atoms with van der Waals surface area (Å²) in [5.41, 5.74) is 0.154. The molecule has 0 bridgehead atoms. The zero-order valence-corrected chi connectivity index (χ0v) is 15.9. The summed E-state index contributed by atoms with van der Waals surface area (Å²) >= 11 is 0. The Hall–Kier alpha value is -3.75. The molecule has 31 heavy (non-hydrogen) atoms. The molecule has 0 radical (unpaired) electrons. The number of nitrogens with zero attached hydrogens (tertiary/aromatic N) is 1. The molecule has 1 aromatic heterocycles. The lowest BCUT2D eigenvalue weighted by atomic mass is 10.1. The van der Waals surface area contributed by atoms with Gasteiger partial charge in [0.2, 0.25) is 0 Å². The molecule has 3 aromatic rings. The second-order valence-corrected chi connectivity index (χ2v) is 7.30. The van der Waals surface area contributed by atoms with Crippen LogP contribution in [0.2, 0.25) is 0 Å². The number of carbonyl (C=O) groups excluding carboxylic acids is 1. The highest BCUT2D eigenvalue weighted by Crippen LogP contribution is 2.54. The van der Waals surface area contributed by atoms with Crippen LogP contribution in [0.15, 0.2) is 67.0 Å². The van der Waals surface area contributed by atoms with Gasteiger partial charge in [-0.3, -0.25) is 4.98 Å². The SMILES string of the molecule is O=C(Nc1cccc(C(F)(F)F)c1)N[C@@H]1[C@H]2Oc3ccc(Oc4ccncc4)cc3[C@@H]12. The molecule has 0 saturated heterocycles. The molecule has 0 spiro atoms. The van der Waals surface area contributed by atoms with E-state index in [-0.39, 0.29) is 23.8 Å². The molecule has 1 saturated carbocycles. The van der Waals surface area contributed by atoms with Crippen molar-refractivity contribution < 1.29 is 27.4 Å². The fraction of sp³-hybridized carbons (Fsp3) is 0.182. The highest BCUT2D eigenvalue weighted by Gasteiger charge is 2.59. The van der Waals surface area contributed by atoms with E-state index in [1.807, 2.05) is 12.1 Å². The number of anilines is 1. The van der Waals surface area contributed by atoms with Crippen molar-refractivity contribution in [3.8, 4) is 17.2 Å². The fourth-order valence-corrected chi connectivity index (χ4v) is 3.71. The van der Waals surface area contributed by atoms with Gasteiger partial charge < -0.3 is 20.1 Å². The van der Waals surface area contributed by atoms with Gasteiger partial charge >= 0.3 is 12.2 Å². The molecule has 2 aromatic carbocycles. The highest BCUT2D eigenvalue weighted by molar-refractivity contribution is 5.90. The van der Waals surface area contributed by atoms with Gasteiger partial charge in [0.15, 0.2) is 0 Å². The van der Waals surface area contributed by atoms with Crippen molar-refractivity contribution in [1.82, 2.24) is 10.3 Å². The summed E-state index contributed by atoms with van der Waals surface area (Å²) in [6.07, 6.45) is -1.43. The van der Waals surface area contributed by atoms with E-state index in [1.54, 1.807) is 30.6 Å². The molecule has 2 N–H and O–H groups in total. The molecule has 1 aliphatic heterocycles. The summed E-state index contributed by atoms with van der Waals surface area (Å²) in [4.78, 5) is 16.2. The van der Waals surface area contributed by atoms with E-state index in [4.69, 9.17) is 9.47 Å². The Bertz CT molecular complexity index is 1140. The molecule has 2 aliphatic rings. The van der Waals surface area contributed by atoms with Crippen molar-refractivity contribution in [3.63, 3.8) is 0 Å². The minimum atomic E-state index is -4.48. The summed E-state index contributed by atoms with van der Waals surface area (Å²) in [5.74, 6) is 1.97. The Balaban J connectivity index is 1.23. The van der Waals surface area contributed by atoms with E-state index in [0.29, 0.717) is 11.5 Å². The van der Waals surface area contributed by atoms with Gasteiger partial charge in [0.25, 0.3) is 0 Å². The molecule has 158 valence electrons. The molecule has 1 fully saturated rings. The lowest BCUT2D eigenvalue weighted by Crippen LogP contribution is -2.34. The van der Waals surface area contributed by atoms with Crippen LogP contribution in [0, 0.1) is 0 Å². The minimum absolute atomic E-state index is 0.0387. The molecular formula is C22H16F3N3O3. The number of aromatic nitrogens is 1. The first kappa shape index (κ1) is 19.2. The first-order valence-electron chi connectivity index (χ1n) is 9.52. The Labute approximate surface area is 175 Å². The van der Waals surface area contributed by atoms with Crippen LogP contribution in [-0.4, -0.2) is 23.2 Å². The number of pyridine rings is 1. The van der Waals surface area contributed by atoms with Crippen molar-refractivity contribution in [2.24, 2.45) is 0 Å². The molecule has 2 heterocycles.